The average molecular weight is 372 g/mol. The van der Waals surface area contributed by atoms with Crippen molar-refractivity contribution < 1.29 is 9.53 Å². The van der Waals surface area contributed by atoms with Crippen LogP contribution in [0.3, 0.4) is 0 Å². The minimum atomic E-state index is -0.158. The summed E-state index contributed by atoms with van der Waals surface area (Å²) in [6.07, 6.45) is 3.68. The van der Waals surface area contributed by atoms with Gasteiger partial charge in [-0.2, -0.15) is 0 Å². The lowest BCUT2D eigenvalue weighted by atomic mass is 9.70. The van der Waals surface area contributed by atoms with Crippen LogP contribution in [-0.4, -0.2) is 42.1 Å². The molecule has 138 valence electrons. The molecule has 2 saturated heterocycles. The second kappa shape index (κ2) is 7.37. The molecule has 6 heteroatoms. The second-order valence-corrected chi connectivity index (χ2v) is 8.15. The molecule has 2 N–H and O–H groups in total. The van der Waals surface area contributed by atoms with Crippen molar-refractivity contribution in [2.24, 2.45) is 5.92 Å². The predicted molar refractivity (Wildman–Crippen MR) is 103 cm³/mol. The molecule has 1 aromatic heterocycles. The minimum absolute atomic E-state index is 0.0305. The first-order valence-corrected chi connectivity index (χ1v) is 10.2. The van der Waals surface area contributed by atoms with E-state index in [0.717, 1.165) is 51.1 Å². The van der Waals surface area contributed by atoms with E-state index in [-0.39, 0.29) is 17.2 Å². The van der Waals surface area contributed by atoms with E-state index in [1.165, 1.54) is 16.9 Å². The van der Waals surface area contributed by atoms with Crippen molar-refractivity contribution in [3.63, 3.8) is 0 Å². The number of nitrogen functional groups attached to an aromatic ring is 1. The van der Waals surface area contributed by atoms with Gasteiger partial charge in [0.15, 0.2) is 5.13 Å². The summed E-state index contributed by atoms with van der Waals surface area (Å²) >= 11 is 1.49. The highest BCUT2D eigenvalue weighted by Crippen LogP contribution is 2.42. The lowest BCUT2D eigenvalue weighted by Crippen LogP contribution is -2.48. The van der Waals surface area contributed by atoms with Gasteiger partial charge in [-0.05, 0) is 31.2 Å². The molecular formula is C20H25N3O2S. The number of aromatic nitrogens is 1. The lowest BCUT2D eigenvalue weighted by molar-refractivity contribution is -0.141. The number of anilines is 1. The number of nitrogens with zero attached hydrogens (tertiary/aromatic N) is 2. The maximum absolute atomic E-state index is 12.9. The number of carbonyl (C=O) groups is 1. The zero-order valence-corrected chi connectivity index (χ0v) is 15.7. The molecule has 3 heterocycles. The van der Waals surface area contributed by atoms with Crippen molar-refractivity contribution in [1.29, 1.82) is 0 Å². The molecule has 2 aliphatic rings. The van der Waals surface area contributed by atoms with Gasteiger partial charge in [-0.25, -0.2) is 4.98 Å². The Bertz CT molecular complexity index is 747. The minimum Gasteiger partial charge on any atom is -0.381 e. The molecule has 4 rings (SSSR count). The van der Waals surface area contributed by atoms with E-state index >= 15 is 0 Å². The summed E-state index contributed by atoms with van der Waals surface area (Å²) in [6, 6.07) is 10.5. The van der Waals surface area contributed by atoms with Gasteiger partial charge in [-0.15, -0.1) is 11.3 Å². The molecule has 2 fully saturated rings. The SMILES string of the molecule is Nc1nc(C2(c3ccccc3)CCN(C(=O)C3CCCOC3)CC2)cs1. The number of ether oxygens (including phenoxy) is 1. The number of hydrogen-bond donors (Lipinski definition) is 1. The number of likely N-dealkylation sites (tertiary alicyclic amines) is 1. The lowest BCUT2D eigenvalue weighted by Gasteiger charge is -2.42. The van der Waals surface area contributed by atoms with Crippen LogP contribution in [-0.2, 0) is 14.9 Å². The van der Waals surface area contributed by atoms with E-state index in [2.05, 4.69) is 34.6 Å². The zero-order chi connectivity index (χ0) is 18.0. The molecule has 1 amide bonds. The highest BCUT2D eigenvalue weighted by Gasteiger charge is 2.41. The summed E-state index contributed by atoms with van der Waals surface area (Å²) in [4.78, 5) is 19.5. The molecule has 0 radical (unpaired) electrons. The maximum atomic E-state index is 12.9. The number of nitrogens with two attached hydrogens (primary N) is 1. The number of benzene rings is 1. The maximum Gasteiger partial charge on any atom is 0.228 e. The molecule has 0 aliphatic carbocycles. The first-order valence-electron chi connectivity index (χ1n) is 9.32. The molecule has 1 aromatic carbocycles. The fourth-order valence-electron chi connectivity index (χ4n) is 4.26. The van der Waals surface area contributed by atoms with Crippen LogP contribution in [0.2, 0.25) is 0 Å². The highest BCUT2D eigenvalue weighted by atomic mass is 32.1. The van der Waals surface area contributed by atoms with Crippen LogP contribution in [0.15, 0.2) is 35.7 Å². The fraction of sp³-hybridized carbons (Fsp3) is 0.500. The molecule has 0 spiro atoms. The Kier molecular flexibility index (Phi) is 4.96. The second-order valence-electron chi connectivity index (χ2n) is 7.26. The van der Waals surface area contributed by atoms with Crippen LogP contribution in [0, 0.1) is 5.92 Å². The first-order chi connectivity index (χ1) is 12.7. The summed E-state index contributed by atoms with van der Waals surface area (Å²) in [7, 11) is 0. The first kappa shape index (κ1) is 17.5. The van der Waals surface area contributed by atoms with Crippen LogP contribution in [0.25, 0.3) is 0 Å². The summed E-state index contributed by atoms with van der Waals surface area (Å²) in [6.45, 7) is 2.86. The van der Waals surface area contributed by atoms with Crippen molar-refractivity contribution in [3.05, 3.63) is 47.0 Å². The van der Waals surface area contributed by atoms with Gasteiger partial charge in [0.05, 0.1) is 18.2 Å². The fourth-order valence-corrected chi connectivity index (χ4v) is 4.92. The van der Waals surface area contributed by atoms with Gasteiger partial charge < -0.3 is 15.4 Å². The van der Waals surface area contributed by atoms with E-state index in [4.69, 9.17) is 10.5 Å². The number of hydrogen-bond acceptors (Lipinski definition) is 5. The Balaban J connectivity index is 1.56. The van der Waals surface area contributed by atoms with Crippen LogP contribution in [0.4, 0.5) is 5.13 Å². The Morgan fingerprint density at radius 1 is 1.27 bits per heavy atom. The molecule has 5 nitrogen and oxygen atoms in total. The molecule has 1 atom stereocenters. The van der Waals surface area contributed by atoms with Crippen molar-refractivity contribution in [3.8, 4) is 0 Å². The summed E-state index contributed by atoms with van der Waals surface area (Å²) in [5.41, 5.74) is 8.07. The van der Waals surface area contributed by atoms with Crippen LogP contribution in [0.5, 0.6) is 0 Å². The van der Waals surface area contributed by atoms with Gasteiger partial charge in [-0.1, -0.05) is 30.3 Å². The monoisotopic (exact) mass is 371 g/mol. The average Bonchev–Trinajstić information content (AvgIpc) is 3.16. The van der Waals surface area contributed by atoms with Crippen molar-refractivity contribution in [2.75, 3.05) is 32.0 Å². The highest BCUT2D eigenvalue weighted by molar-refractivity contribution is 7.13. The standard InChI is InChI=1S/C20H25N3O2S/c21-19-22-17(14-26-19)20(16-6-2-1-3-7-16)8-10-23(11-9-20)18(24)15-5-4-12-25-13-15/h1-3,6-7,14-15H,4-5,8-13H2,(H2,21,22). The van der Waals surface area contributed by atoms with E-state index in [9.17, 15) is 4.79 Å². The molecule has 0 saturated carbocycles. The van der Waals surface area contributed by atoms with Crippen molar-refractivity contribution in [1.82, 2.24) is 9.88 Å². The van der Waals surface area contributed by atoms with Crippen LogP contribution < -0.4 is 5.73 Å². The van der Waals surface area contributed by atoms with Gasteiger partial charge in [0.2, 0.25) is 5.91 Å². The van der Waals surface area contributed by atoms with E-state index in [0.29, 0.717) is 11.7 Å². The molecule has 2 aliphatic heterocycles. The third-order valence-corrected chi connectivity index (χ3v) is 6.45. The van der Waals surface area contributed by atoms with Gasteiger partial charge >= 0.3 is 0 Å². The molecule has 26 heavy (non-hydrogen) atoms. The van der Waals surface area contributed by atoms with E-state index in [1.807, 2.05) is 11.0 Å². The normalized spacial score (nSPS) is 22.9. The van der Waals surface area contributed by atoms with Gasteiger partial charge in [-0.3, -0.25) is 4.79 Å². The van der Waals surface area contributed by atoms with Crippen LogP contribution in [0.1, 0.15) is 36.9 Å². The Hall–Kier alpha value is -1.92. The zero-order valence-electron chi connectivity index (χ0n) is 14.9. The number of piperidine rings is 1. The van der Waals surface area contributed by atoms with Gasteiger partial charge in [0.1, 0.15) is 0 Å². The van der Waals surface area contributed by atoms with Crippen molar-refractivity contribution >= 4 is 22.4 Å². The molecular weight excluding hydrogens is 346 g/mol. The van der Waals surface area contributed by atoms with E-state index < -0.39 is 0 Å². The van der Waals surface area contributed by atoms with Crippen molar-refractivity contribution in [2.45, 2.75) is 31.1 Å². The Morgan fingerprint density at radius 3 is 2.65 bits per heavy atom. The smallest absolute Gasteiger partial charge is 0.228 e. The summed E-state index contributed by atoms with van der Waals surface area (Å²) < 4.78 is 5.51. The quantitative estimate of drug-likeness (QED) is 0.900. The number of carbonyl (C=O) groups excluding carboxylic acids is 1. The third-order valence-electron chi connectivity index (χ3n) is 5.78. The third kappa shape index (κ3) is 3.23. The molecule has 0 bridgehead atoms. The van der Waals surface area contributed by atoms with Gasteiger partial charge in [0.25, 0.3) is 0 Å². The number of thiazole rings is 1. The molecule has 2 aromatic rings. The predicted octanol–water partition coefficient (Wildman–Crippen LogP) is 3.06. The largest absolute Gasteiger partial charge is 0.381 e. The Labute approximate surface area is 158 Å². The Morgan fingerprint density at radius 2 is 2.04 bits per heavy atom. The molecule has 1 unspecified atom stereocenters. The van der Waals surface area contributed by atoms with Crippen LogP contribution >= 0.6 is 11.3 Å². The summed E-state index contributed by atoms with van der Waals surface area (Å²) in [5.74, 6) is 0.284. The van der Waals surface area contributed by atoms with E-state index in [1.54, 1.807) is 0 Å². The summed E-state index contributed by atoms with van der Waals surface area (Å²) in [5, 5.41) is 2.68. The number of rotatable bonds is 3. The van der Waals surface area contributed by atoms with Gasteiger partial charge in [0, 0.05) is 30.5 Å². The topological polar surface area (TPSA) is 68.5 Å². The number of amides is 1.